The Morgan fingerprint density at radius 2 is 1.92 bits per heavy atom. The van der Waals surface area contributed by atoms with Crippen LogP contribution in [-0.4, -0.2) is 11.7 Å². The summed E-state index contributed by atoms with van der Waals surface area (Å²) in [6, 6.07) is 6.17. The van der Waals surface area contributed by atoms with Gasteiger partial charge < -0.3 is 9.84 Å². The first kappa shape index (κ1) is 9.92. The molecule has 0 fully saturated rings. The second-order valence-electron chi connectivity index (χ2n) is 2.59. The molecule has 4 heteroatoms. The number of halogens is 2. The summed E-state index contributed by atoms with van der Waals surface area (Å²) < 4.78 is 27.9. The number of aliphatic hydroxyl groups excluding tert-OH is 1. The predicted molar refractivity (Wildman–Crippen MR) is 43.7 cm³/mol. The Labute approximate surface area is 74.8 Å². The number of benzene rings is 1. The first-order valence-corrected chi connectivity index (χ1v) is 3.83. The summed E-state index contributed by atoms with van der Waals surface area (Å²) in [6.45, 7) is -1.37. The average Bonchev–Trinajstić information content (AvgIpc) is 2.03. The van der Waals surface area contributed by atoms with Crippen LogP contribution < -0.4 is 4.74 Å². The predicted octanol–water partition coefficient (Wildman–Crippen LogP) is 2.34. The van der Waals surface area contributed by atoms with Gasteiger partial charge in [-0.1, -0.05) is 18.2 Å². The van der Waals surface area contributed by atoms with Crippen molar-refractivity contribution in [2.45, 2.75) is 19.6 Å². The lowest BCUT2D eigenvalue weighted by Crippen LogP contribution is -2.05. The van der Waals surface area contributed by atoms with Gasteiger partial charge in [0, 0.05) is 5.56 Å². The van der Waals surface area contributed by atoms with Crippen molar-refractivity contribution in [2.75, 3.05) is 0 Å². The number of ether oxygens (including phenoxy) is 1. The Balaban J connectivity index is 2.91. The van der Waals surface area contributed by atoms with Gasteiger partial charge in [-0.25, -0.2) is 0 Å². The van der Waals surface area contributed by atoms with E-state index in [9.17, 15) is 13.9 Å². The number of alkyl halides is 2. The highest BCUT2D eigenvalue weighted by molar-refractivity contribution is 5.34. The highest BCUT2D eigenvalue weighted by atomic mass is 19.3. The zero-order chi connectivity index (χ0) is 9.84. The largest absolute Gasteiger partial charge is 0.434 e. The van der Waals surface area contributed by atoms with Crippen molar-refractivity contribution in [3.05, 3.63) is 29.8 Å². The third kappa shape index (κ3) is 2.66. The molecule has 2 nitrogen and oxygen atoms in total. The van der Waals surface area contributed by atoms with Gasteiger partial charge in [0.2, 0.25) is 0 Å². The molecule has 0 spiro atoms. The minimum atomic E-state index is -2.86. The van der Waals surface area contributed by atoms with E-state index in [2.05, 4.69) is 4.74 Å². The van der Waals surface area contributed by atoms with E-state index < -0.39 is 12.7 Å². The molecule has 72 valence electrons. The van der Waals surface area contributed by atoms with Gasteiger partial charge in [-0.05, 0) is 13.0 Å². The summed E-state index contributed by atoms with van der Waals surface area (Å²) in [5, 5.41) is 9.19. The topological polar surface area (TPSA) is 29.5 Å². The molecule has 1 aromatic carbocycles. The normalized spacial score (nSPS) is 13.0. The first-order chi connectivity index (χ1) is 6.11. The number of hydrogen-bond donors (Lipinski definition) is 1. The van der Waals surface area contributed by atoms with Gasteiger partial charge >= 0.3 is 6.61 Å². The van der Waals surface area contributed by atoms with Crippen molar-refractivity contribution in [2.24, 2.45) is 0 Å². The molecule has 0 amide bonds. The minimum absolute atomic E-state index is 0.0208. The van der Waals surface area contributed by atoms with Gasteiger partial charge in [0.25, 0.3) is 0 Å². The van der Waals surface area contributed by atoms with E-state index in [1.807, 2.05) is 0 Å². The highest BCUT2D eigenvalue weighted by Crippen LogP contribution is 2.25. The summed E-state index contributed by atoms with van der Waals surface area (Å²) in [5.41, 5.74) is 0.364. The lowest BCUT2D eigenvalue weighted by molar-refractivity contribution is -0.0514. The first-order valence-electron chi connectivity index (χ1n) is 3.83. The van der Waals surface area contributed by atoms with Gasteiger partial charge in [-0.2, -0.15) is 8.78 Å². The number of hydrogen-bond acceptors (Lipinski definition) is 2. The van der Waals surface area contributed by atoms with E-state index >= 15 is 0 Å². The molecule has 0 saturated carbocycles. The monoisotopic (exact) mass is 188 g/mol. The zero-order valence-corrected chi connectivity index (χ0v) is 7.08. The Kier molecular flexibility index (Phi) is 3.19. The standard InChI is InChI=1S/C9H10F2O2/c1-6(12)7-4-2-3-5-8(7)13-9(10)11/h2-6,9,12H,1H3/t6-/m0/s1. The summed E-state index contributed by atoms with van der Waals surface area (Å²) in [7, 11) is 0. The van der Waals surface area contributed by atoms with Crippen LogP contribution in [-0.2, 0) is 0 Å². The van der Waals surface area contributed by atoms with Crippen LogP contribution in [0.3, 0.4) is 0 Å². The molecule has 0 bridgehead atoms. The maximum atomic E-state index is 11.9. The molecule has 13 heavy (non-hydrogen) atoms. The van der Waals surface area contributed by atoms with Crippen molar-refractivity contribution in [3.8, 4) is 5.75 Å². The Morgan fingerprint density at radius 1 is 1.31 bits per heavy atom. The van der Waals surface area contributed by atoms with E-state index in [0.717, 1.165) is 0 Å². The Morgan fingerprint density at radius 3 is 2.46 bits per heavy atom. The molecule has 0 heterocycles. The molecule has 0 unspecified atom stereocenters. The average molecular weight is 188 g/mol. The van der Waals surface area contributed by atoms with Crippen molar-refractivity contribution in [1.82, 2.24) is 0 Å². The zero-order valence-electron chi connectivity index (χ0n) is 7.08. The fourth-order valence-corrected chi connectivity index (χ4v) is 1.03. The van der Waals surface area contributed by atoms with Crippen molar-refractivity contribution < 1.29 is 18.6 Å². The summed E-state index contributed by atoms with van der Waals surface area (Å²) in [4.78, 5) is 0. The molecule has 0 saturated heterocycles. The van der Waals surface area contributed by atoms with Crippen molar-refractivity contribution in [3.63, 3.8) is 0 Å². The molecule has 1 N–H and O–H groups in total. The molecular weight excluding hydrogens is 178 g/mol. The van der Waals surface area contributed by atoms with Crippen LogP contribution in [0.25, 0.3) is 0 Å². The van der Waals surface area contributed by atoms with Crippen LogP contribution in [0.5, 0.6) is 5.75 Å². The minimum Gasteiger partial charge on any atom is -0.434 e. The Bertz CT molecular complexity index is 274. The smallest absolute Gasteiger partial charge is 0.387 e. The second kappa shape index (κ2) is 4.18. The molecule has 1 atom stereocenters. The summed E-state index contributed by atoms with van der Waals surface area (Å²) in [5.74, 6) is 0.0208. The van der Waals surface area contributed by atoms with Crippen LogP contribution in [0.1, 0.15) is 18.6 Å². The second-order valence-corrected chi connectivity index (χ2v) is 2.59. The molecular formula is C9H10F2O2. The maximum Gasteiger partial charge on any atom is 0.387 e. The molecule has 0 aliphatic rings. The van der Waals surface area contributed by atoms with Crippen LogP contribution >= 0.6 is 0 Å². The molecule has 0 aliphatic carbocycles. The van der Waals surface area contributed by atoms with Crippen LogP contribution in [0.4, 0.5) is 8.78 Å². The van der Waals surface area contributed by atoms with Crippen molar-refractivity contribution >= 4 is 0 Å². The molecule has 0 aromatic heterocycles. The molecule has 1 rings (SSSR count). The maximum absolute atomic E-state index is 11.9. The third-order valence-electron chi connectivity index (χ3n) is 1.59. The van der Waals surface area contributed by atoms with Crippen LogP contribution in [0.15, 0.2) is 24.3 Å². The van der Waals surface area contributed by atoms with Crippen molar-refractivity contribution in [1.29, 1.82) is 0 Å². The molecule has 1 aromatic rings. The van der Waals surface area contributed by atoms with Gasteiger partial charge in [-0.15, -0.1) is 0 Å². The van der Waals surface area contributed by atoms with E-state index in [-0.39, 0.29) is 5.75 Å². The SMILES string of the molecule is C[C@H](O)c1ccccc1OC(F)F. The quantitative estimate of drug-likeness (QED) is 0.788. The van der Waals surface area contributed by atoms with Gasteiger partial charge in [0.1, 0.15) is 5.75 Å². The van der Waals surface area contributed by atoms with Gasteiger partial charge in [-0.3, -0.25) is 0 Å². The van der Waals surface area contributed by atoms with E-state index in [4.69, 9.17) is 0 Å². The van der Waals surface area contributed by atoms with Gasteiger partial charge in [0.05, 0.1) is 6.10 Å². The highest BCUT2D eigenvalue weighted by Gasteiger charge is 2.11. The molecule has 0 aliphatic heterocycles. The van der Waals surface area contributed by atoms with E-state index in [1.165, 1.54) is 13.0 Å². The van der Waals surface area contributed by atoms with Gasteiger partial charge in [0.15, 0.2) is 0 Å². The van der Waals surface area contributed by atoms with E-state index in [0.29, 0.717) is 5.56 Å². The fraction of sp³-hybridized carbons (Fsp3) is 0.333. The fourth-order valence-electron chi connectivity index (χ4n) is 1.03. The lowest BCUT2D eigenvalue weighted by Gasteiger charge is -2.11. The lowest BCUT2D eigenvalue weighted by atomic mass is 10.1. The number of aliphatic hydroxyl groups is 1. The van der Waals surface area contributed by atoms with Crippen LogP contribution in [0, 0.1) is 0 Å². The molecule has 0 radical (unpaired) electrons. The third-order valence-corrected chi connectivity index (χ3v) is 1.59. The number of para-hydroxylation sites is 1. The number of rotatable bonds is 3. The van der Waals surface area contributed by atoms with E-state index in [1.54, 1.807) is 18.2 Å². The van der Waals surface area contributed by atoms with Crippen LogP contribution in [0.2, 0.25) is 0 Å². The summed E-state index contributed by atoms with van der Waals surface area (Å²) in [6.07, 6.45) is -0.810. The Hall–Kier alpha value is -1.16. The summed E-state index contributed by atoms with van der Waals surface area (Å²) >= 11 is 0.